The highest BCUT2D eigenvalue weighted by atomic mass is 16.2. The zero-order valence-electron chi connectivity index (χ0n) is 18.6. The van der Waals surface area contributed by atoms with Gasteiger partial charge in [-0.05, 0) is 47.7 Å². The summed E-state index contributed by atoms with van der Waals surface area (Å²) in [6.45, 7) is 14.3. The lowest BCUT2D eigenvalue weighted by Gasteiger charge is -2.23. The zero-order valence-corrected chi connectivity index (χ0v) is 18.6. The number of aryl methyl sites for hydroxylation is 1. The van der Waals surface area contributed by atoms with Gasteiger partial charge in [-0.25, -0.2) is 0 Å². The number of nitrogens with zero attached hydrogens (tertiary/aromatic N) is 2. The second-order valence-corrected chi connectivity index (χ2v) is 8.92. The standard InChI is InChI=1S/C27H32N2O/c1-6-16-29(26(30)23-12-14-24(15-13-23)27(3,4)5)20-25-11-8-17-28(25)19-22-10-7-9-21(2)18-22/h6-15,17-18H,1,16,19-20H2,2-5H3. The van der Waals surface area contributed by atoms with Gasteiger partial charge >= 0.3 is 0 Å². The molecule has 3 aromatic rings. The molecule has 3 rings (SSSR count). The van der Waals surface area contributed by atoms with Gasteiger partial charge in [0.05, 0.1) is 6.54 Å². The van der Waals surface area contributed by atoms with Crippen LogP contribution in [0.2, 0.25) is 0 Å². The number of carbonyl (C=O) groups is 1. The Bertz CT molecular complexity index is 1010. The summed E-state index contributed by atoms with van der Waals surface area (Å²) >= 11 is 0. The highest BCUT2D eigenvalue weighted by Crippen LogP contribution is 2.23. The van der Waals surface area contributed by atoms with Gasteiger partial charge in [-0.1, -0.05) is 68.8 Å². The fourth-order valence-electron chi connectivity index (χ4n) is 3.62. The van der Waals surface area contributed by atoms with Gasteiger partial charge < -0.3 is 9.47 Å². The van der Waals surface area contributed by atoms with E-state index in [2.05, 4.69) is 87.5 Å². The van der Waals surface area contributed by atoms with Crippen LogP contribution in [-0.4, -0.2) is 21.9 Å². The second-order valence-electron chi connectivity index (χ2n) is 8.92. The van der Waals surface area contributed by atoms with Crippen LogP contribution in [-0.2, 0) is 18.5 Å². The molecule has 3 heteroatoms. The molecular formula is C27H32N2O. The van der Waals surface area contributed by atoms with Gasteiger partial charge in [0.1, 0.15) is 0 Å². The minimum atomic E-state index is 0.0265. The summed E-state index contributed by atoms with van der Waals surface area (Å²) in [5.41, 5.74) is 5.62. The summed E-state index contributed by atoms with van der Waals surface area (Å²) in [6, 6.07) is 20.6. The van der Waals surface area contributed by atoms with Crippen LogP contribution >= 0.6 is 0 Å². The molecule has 0 spiro atoms. The molecule has 0 aliphatic rings. The minimum absolute atomic E-state index is 0.0265. The Morgan fingerprint density at radius 1 is 1.07 bits per heavy atom. The third kappa shape index (κ3) is 5.29. The van der Waals surface area contributed by atoms with Crippen LogP contribution in [0.5, 0.6) is 0 Å². The molecule has 0 radical (unpaired) electrons. The predicted octanol–water partition coefficient (Wildman–Crippen LogP) is 5.97. The molecule has 0 saturated carbocycles. The largest absolute Gasteiger partial charge is 0.345 e. The average Bonchev–Trinajstić information content (AvgIpc) is 3.13. The number of hydrogen-bond donors (Lipinski definition) is 0. The summed E-state index contributed by atoms with van der Waals surface area (Å²) < 4.78 is 2.21. The predicted molar refractivity (Wildman–Crippen MR) is 125 cm³/mol. The molecule has 0 saturated heterocycles. The van der Waals surface area contributed by atoms with Crippen LogP contribution in [0.3, 0.4) is 0 Å². The van der Waals surface area contributed by atoms with E-state index in [0.717, 1.165) is 12.2 Å². The molecular weight excluding hydrogens is 368 g/mol. The van der Waals surface area contributed by atoms with Gasteiger partial charge in [-0.15, -0.1) is 6.58 Å². The van der Waals surface area contributed by atoms with Crippen molar-refractivity contribution in [3.63, 3.8) is 0 Å². The first-order valence-corrected chi connectivity index (χ1v) is 10.5. The number of hydrogen-bond acceptors (Lipinski definition) is 1. The van der Waals surface area contributed by atoms with Crippen LogP contribution in [0.1, 0.15) is 53.5 Å². The van der Waals surface area contributed by atoms with Crippen molar-refractivity contribution < 1.29 is 4.79 Å². The Balaban J connectivity index is 1.78. The molecule has 156 valence electrons. The summed E-state index contributed by atoms with van der Waals surface area (Å²) in [4.78, 5) is 15.1. The highest BCUT2D eigenvalue weighted by Gasteiger charge is 2.18. The average molecular weight is 401 g/mol. The van der Waals surface area contributed by atoms with E-state index < -0.39 is 0 Å². The normalized spacial score (nSPS) is 11.3. The molecule has 3 nitrogen and oxygen atoms in total. The van der Waals surface area contributed by atoms with Gasteiger partial charge in [0.25, 0.3) is 5.91 Å². The molecule has 1 amide bonds. The fourth-order valence-corrected chi connectivity index (χ4v) is 3.62. The van der Waals surface area contributed by atoms with Crippen LogP contribution in [0.4, 0.5) is 0 Å². The van der Waals surface area contributed by atoms with Crippen molar-refractivity contribution in [2.24, 2.45) is 0 Å². The summed E-state index contributed by atoms with van der Waals surface area (Å²) in [7, 11) is 0. The van der Waals surface area contributed by atoms with E-state index in [1.165, 1.54) is 16.7 Å². The van der Waals surface area contributed by atoms with E-state index in [1.54, 1.807) is 6.08 Å². The molecule has 0 unspecified atom stereocenters. The number of aromatic nitrogens is 1. The maximum atomic E-state index is 13.2. The molecule has 1 aromatic heterocycles. The molecule has 2 aromatic carbocycles. The lowest BCUT2D eigenvalue weighted by Crippen LogP contribution is -2.31. The third-order valence-electron chi connectivity index (χ3n) is 5.35. The maximum absolute atomic E-state index is 13.2. The highest BCUT2D eigenvalue weighted by molar-refractivity contribution is 5.94. The van der Waals surface area contributed by atoms with Crippen molar-refractivity contribution in [1.29, 1.82) is 0 Å². The molecule has 0 bridgehead atoms. The van der Waals surface area contributed by atoms with Gasteiger partial charge in [0.2, 0.25) is 0 Å². The Morgan fingerprint density at radius 2 is 1.80 bits per heavy atom. The summed E-state index contributed by atoms with van der Waals surface area (Å²) in [6.07, 6.45) is 3.86. The van der Waals surface area contributed by atoms with Crippen LogP contribution in [0.15, 0.2) is 79.5 Å². The lowest BCUT2D eigenvalue weighted by atomic mass is 9.86. The van der Waals surface area contributed by atoms with Crippen molar-refractivity contribution in [3.05, 3.63) is 107 Å². The maximum Gasteiger partial charge on any atom is 0.254 e. The molecule has 0 aliphatic heterocycles. The van der Waals surface area contributed by atoms with Gasteiger partial charge in [-0.2, -0.15) is 0 Å². The van der Waals surface area contributed by atoms with Crippen molar-refractivity contribution in [2.45, 2.75) is 46.2 Å². The van der Waals surface area contributed by atoms with Gasteiger partial charge in [0, 0.05) is 30.5 Å². The van der Waals surface area contributed by atoms with E-state index >= 15 is 0 Å². The second kappa shape index (κ2) is 9.17. The fraction of sp³-hybridized carbons (Fsp3) is 0.296. The zero-order chi connectivity index (χ0) is 21.7. The molecule has 0 N–H and O–H groups in total. The van der Waals surface area contributed by atoms with E-state index in [0.29, 0.717) is 18.7 Å². The Morgan fingerprint density at radius 3 is 2.43 bits per heavy atom. The Labute approximate surface area is 180 Å². The van der Waals surface area contributed by atoms with Crippen LogP contribution < -0.4 is 0 Å². The Hall–Kier alpha value is -3.07. The summed E-state index contributed by atoms with van der Waals surface area (Å²) in [5.74, 6) is 0.0265. The Kier molecular flexibility index (Phi) is 6.61. The van der Waals surface area contributed by atoms with Gasteiger partial charge in [0.15, 0.2) is 0 Å². The molecule has 0 aliphatic carbocycles. The van der Waals surface area contributed by atoms with E-state index in [9.17, 15) is 4.79 Å². The molecule has 0 atom stereocenters. The third-order valence-corrected chi connectivity index (χ3v) is 5.35. The molecule has 30 heavy (non-hydrogen) atoms. The lowest BCUT2D eigenvalue weighted by molar-refractivity contribution is 0.0759. The SMILES string of the molecule is C=CCN(Cc1cccn1Cc1cccc(C)c1)C(=O)c1ccc(C(C)(C)C)cc1. The molecule has 1 heterocycles. The number of rotatable bonds is 7. The smallest absolute Gasteiger partial charge is 0.254 e. The van der Waals surface area contributed by atoms with Crippen molar-refractivity contribution in [3.8, 4) is 0 Å². The van der Waals surface area contributed by atoms with Crippen molar-refractivity contribution in [1.82, 2.24) is 9.47 Å². The van der Waals surface area contributed by atoms with E-state index in [-0.39, 0.29) is 11.3 Å². The van der Waals surface area contributed by atoms with Crippen LogP contribution in [0, 0.1) is 6.92 Å². The topological polar surface area (TPSA) is 25.2 Å². The first-order chi connectivity index (χ1) is 14.3. The van der Waals surface area contributed by atoms with Crippen molar-refractivity contribution in [2.75, 3.05) is 6.54 Å². The number of benzene rings is 2. The quantitative estimate of drug-likeness (QED) is 0.449. The summed E-state index contributed by atoms with van der Waals surface area (Å²) in [5, 5.41) is 0. The van der Waals surface area contributed by atoms with Crippen LogP contribution in [0.25, 0.3) is 0 Å². The monoisotopic (exact) mass is 400 g/mol. The van der Waals surface area contributed by atoms with Crippen molar-refractivity contribution >= 4 is 5.91 Å². The number of carbonyl (C=O) groups excluding carboxylic acids is 1. The first kappa shape index (κ1) is 21.6. The van der Waals surface area contributed by atoms with Gasteiger partial charge in [-0.3, -0.25) is 4.79 Å². The minimum Gasteiger partial charge on any atom is -0.345 e. The van der Waals surface area contributed by atoms with E-state index in [1.807, 2.05) is 23.1 Å². The first-order valence-electron chi connectivity index (χ1n) is 10.5. The van der Waals surface area contributed by atoms with E-state index in [4.69, 9.17) is 0 Å². The molecule has 0 fully saturated rings. The number of amides is 1.